The van der Waals surface area contributed by atoms with Crippen LogP contribution in [0.1, 0.15) is 169 Å². The molecule has 3 N–H and O–H groups in total. The highest BCUT2D eigenvalue weighted by Gasteiger charge is 2.51. The summed E-state index contributed by atoms with van der Waals surface area (Å²) in [5.74, 6) is -7.55. The van der Waals surface area contributed by atoms with E-state index in [1.54, 1.807) is 20.8 Å². The van der Waals surface area contributed by atoms with Crippen molar-refractivity contribution in [3.8, 4) is 0 Å². The quantitative estimate of drug-likeness (QED) is 0.208. The SMILES string of the molecule is CCO[C@@H]1C[C@H]2C(=O)NC3(CCCC3)C(=O)N(C)[C@@H](CC(C)C)C(=O)N(C)[C@H](C)CC(=O)N(C)[C@@H](CC(C)C)C(=O)N[C@@H]([C@@H](C)CC)C(=O)N(C)CC(=O)N(C)CC(=O)N(C)[C@@H](CC3CCCCC3)C(=O)N(C)CC(=O)N[C@@H](CCc3ccc(C(F)(F)F)c(Cl)c3)C(=O)N2C1. The number of fused-ring (bicyclic) bond motifs is 1. The first-order valence-corrected chi connectivity index (χ1v) is 34.3. The Hall–Kier alpha value is -6.57. The van der Waals surface area contributed by atoms with Gasteiger partial charge in [0.15, 0.2) is 0 Å². The van der Waals surface area contributed by atoms with Crippen molar-refractivity contribution in [1.82, 2.24) is 55.1 Å². The number of nitrogens with zero attached hydrogens (tertiary/aromatic N) is 8. The van der Waals surface area contributed by atoms with Crippen LogP contribution in [0.3, 0.4) is 0 Å². The molecule has 2 aliphatic heterocycles. The average Bonchev–Trinajstić information content (AvgIpc) is 1.70. The molecule has 0 aromatic heterocycles. The highest BCUT2D eigenvalue weighted by molar-refractivity contribution is 6.31. The summed E-state index contributed by atoms with van der Waals surface area (Å²) in [7, 11) is 10.1. The predicted octanol–water partition coefficient (Wildman–Crippen LogP) is 5.91. The van der Waals surface area contributed by atoms with Crippen molar-refractivity contribution >= 4 is 76.6 Å². The molecule has 2 aliphatic carbocycles. The molecule has 11 amide bonds. The second kappa shape index (κ2) is 35.1. The molecule has 4 fully saturated rings. The number of ether oxygens (including phenoxy) is 1. The Morgan fingerprint density at radius 2 is 1.24 bits per heavy atom. The van der Waals surface area contributed by atoms with Gasteiger partial charge in [0, 0.05) is 81.4 Å². The fourth-order valence-corrected chi connectivity index (χ4v) is 13.9. The molecule has 534 valence electrons. The van der Waals surface area contributed by atoms with E-state index < -0.39 is 161 Å². The van der Waals surface area contributed by atoms with Gasteiger partial charge in [0.05, 0.1) is 36.3 Å². The Balaban J connectivity index is 1.60. The van der Waals surface area contributed by atoms with Crippen LogP contribution in [0, 0.1) is 23.7 Å². The van der Waals surface area contributed by atoms with E-state index in [-0.39, 0.29) is 88.7 Å². The van der Waals surface area contributed by atoms with Crippen LogP contribution >= 0.6 is 11.6 Å². The normalized spacial score (nSPS) is 26.5. The summed E-state index contributed by atoms with van der Waals surface area (Å²) in [5, 5.41) is 8.12. The van der Waals surface area contributed by atoms with Crippen molar-refractivity contribution in [2.45, 2.75) is 225 Å². The first-order chi connectivity index (χ1) is 44.5. The van der Waals surface area contributed by atoms with E-state index >= 15 is 14.4 Å². The largest absolute Gasteiger partial charge is 0.417 e. The van der Waals surface area contributed by atoms with Gasteiger partial charge in [0.25, 0.3) is 0 Å². The van der Waals surface area contributed by atoms with Crippen LogP contribution in [0.5, 0.6) is 0 Å². The summed E-state index contributed by atoms with van der Waals surface area (Å²) in [6.07, 6.45) is 0.768. The number of carbonyl (C=O) groups is 11. The van der Waals surface area contributed by atoms with Gasteiger partial charge in [-0.2, -0.15) is 13.2 Å². The summed E-state index contributed by atoms with van der Waals surface area (Å²) in [6, 6.07) is -4.79. The van der Waals surface area contributed by atoms with Crippen molar-refractivity contribution in [2.75, 3.05) is 82.1 Å². The number of nitrogens with one attached hydrogen (secondary N) is 3. The first-order valence-electron chi connectivity index (χ1n) is 34.0. The smallest absolute Gasteiger partial charge is 0.377 e. The lowest BCUT2D eigenvalue weighted by Crippen LogP contribution is -2.64. The zero-order valence-corrected chi connectivity index (χ0v) is 59.5. The molecule has 4 aliphatic rings. The van der Waals surface area contributed by atoms with Gasteiger partial charge < -0.3 is 59.9 Å². The molecule has 1 spiro atoms. The van der Waals surface area contributed by atoms with Gasteiger partial charge in [-0.15, -0.1) is 0 Å². The van der Waals surface area contributed by atoms with Gasteiger partial charge >= 0.3 is 6.18 Å². The highest BCUT2D eigenvalue weighted by Crippen LogP contribution is 2.37. The third kappa shape index (κ3) is 21.0. The van der Waals surface area contributed by atoms with Crippen LogP contribution in [0.4, 0.5) is 13.2 Å². The van der Waals surface area contributed by atoms with Gasteiger partial charge in [-0.1, -0.05) is 111 Å². The zero-order valence-electron chi connectivity index (χ0n) is 58.7. The highest BCUT2D eigenvalue weighted by atomic mass is 35.5. The Morgan fingerprint density at radius 1 is 0.653 bits per heavy atom. The van der Waals surface area contributed by atoms with Crippen LogP contribution < -0.4 is 16.0 Å². The number of hydrogen-bond acceptors (Lipinski definition) is 12. The van der Waals surface area contributed by atoms with E-state index in [1.807, 2.05) is 34.6 Å². The van der Waals surface area contributed by atoms with Crippen LogP contribution in [-0.2, 0) is 70.1 Å². The number of likely N-dealkylation sites (N-methyl/N-ethyl adjacent to an activating group) is 7. The summed E-state index contributed by atoms with van der Waals surface area (Å²) in [6.45, 7) is 13.0. The van der Waals surface area contributed by atoms with E-state index in [4.69, 9.17) is 16.3 Å². The lowest BCUT2D eigenvalue weighted by molar-refractivity contribution is -0.152. The second-order valence-electron chi connectivity index (χ2n) is 28.1. The molecule has 0 unspecified atom stereocenters. The minimum absolute atomic E-state index is 0.0200. The predicted molar refractivity (Wildman–Crippen MR) is 353 cm³/mol. The molecule has 23 nitrogen and oxygen atoms in total. The Morgan fingerprint density at radius 3 is 1.82 bits per heavy atom. The van der Waals surface area contributed by atoms with Crippen LogP contribution in [0.25, 0.3) is 0 Å². The van der Waals surface area contributed by atoms with Gasteiger partial charge in [0.2, 0.25) is 65.0 Å². The summed E-state index contributed by atoms with van der Waals surface area (Å²) in [5.41, 5.74) is -2.33. The Bertz CT molecular complexity index is 2890. The molecular formula is C68H107ClF3N11O12. The van der Waals surface area contributed by atoms with Crippen molar-refractivity contribution in [3.63, 3.8) is 0 Å². The molecule has 2 heterocycles. The molecule has 2 saturated carbocycles. The average molecular weight is 1360 g/mol. The Kier molecular flexibility index (Phi) is 29.2. The zero-order chi connectivity index (χ0) is 71.1. The van der Waals surface area contributed by atoms with Crippen molar-refractivity contribution < 1.29 is 70.6 Å². The van der Waals surface area contributed by atoms with Crippen LogP contribution in [0.2, 0.25) is 5.02 Å². The van der Waals surface area contributed by atoms with Crippen molar-refractivity contribution in [3.05, 3.63) is 34.3 Å². The molecule has 2 saturated heterocycles. The third-order valence-electron chi connectivity index (χ3n) is 19.8. The minimum atomic E-state index is -4.76. The second-order valence-corrected chi connectivity index (χ2v) is 28.5. The molecule has 95 heavy (non-hydrogen) atoms. The standard InChI is InChI=1S/C68H107ClF3N11O12/c1-16-43(7)59-65(93)78(11)39-57(86)76(9)40-58(87)81(14)54(35-45-23-19-18-20-24-45)63(91)77(10)38-55(84)73-50(28-26-46-25-27-48(49(69)34-46)68(70,71)72)62(90)83-37-47(95-17-2)36-52(83)61(89)75-67(29-21-22-30-67)66(94)82(15)53(32-42(5)6)64(92)79(12)44(8)33-56(85)80(13)51(31-41(3)4)60(88)74-59/h25,27,34,41-45,47,50-54,59H,16-24,26,28-33,35-40H2,1-15H3,(H,73,84)(H,74,88)(H,75,89)/t43-,44+,47+,50-,51-,52-,53-,54-,59-/m0/s1. The molecule has 0 bridgehead atoms. The van der Waals surface area contributed by atoms with Gasteiger partial charge in [0.1, 0.15) is 41.8 Å². The maximum atomic E-state index is 15.3. The summed E-state index contributed by atoms with van der Waals surface area (Å²) >= 11 is 6.15. The summed E-state index contributed by atoms with van der Waals surface area (Å²) in [4.78, 5) is 172. The molecule has 1 aromatic carbocycles. The summed E-state index contributed by atoms with van der Waals surface area (Å²) < 4.78 is 47.6. The number of benzene rings is 1. The molecule has 1 aromatic rings. The molecule has 9 atom stereocenters. The fraction of sp³-hybridized carbons (Fsp3) is 0.750. The monoisotopic (exact) mass is 1360 g/mol. The van der Waals surface area contributed by atoms with Gasteiger partial charge in [-0.3, -0.25) is 52.7 Å². The Labute approximate surface area is 564 Å². The third-order valence-corrected chi connectivity index (χ3v) is 20.1. The number of halogens is 4. The van der Waals surface area contributed by atoms with E-state index in [1.165, 1.54) is 79.9 Å². The van der Waals surface area contributed by atoms with Gasteiger partial charge in [-0.05, 0) is 100 Å². The van der Waals surface area contributed by atoms with Crippen LogP contribution in [-0.4, -0.2) is 240 Å². The van der Waals surface area contributed by atoms with E-state index in [2.05, 4.69) is 16.0 Å². The van der Waals surface area contributed by atoms with Crippen molar-refractivity contribution in [1.29, 1.82) is 0 Å². The maximum Gasteiger partial charge on any atom is 0.417 e. The number of carbonyl (C=O) groups excluding carboxylic acids is 11. The number of hydrogen-bond donors (Lipinski definition) is 3. The minimum Gasteiger partial charge on any atom is -0.377 e. The van der Waals surface area contributed by atoms with Crippen LogP contribution in [0.15, 0.2) is 18.2 Å². The topological polar surface area (TPSA) is 259 Å². The van der Waals surface area contributed by atoms with E-state index in [0.717, 1.165) is 58.9 Å². The lowest BCUT2D eigenvalue weighted by atomic mass is 9.84. The first kappa shape index (κ1) is 79.1. The van der Waals surface area contributed by atoms with E-state index in [0.29, 0.717) is 24.8 Å². The fourth-order valence-electron chi connectivity index (χ4n) is 13.5. The van der Waals surface area contributed by atoms with Gasteiger partial charge in [-0.25, -0.2) is 0 Å². The number of aryl methyl sites for hydroxylation is 1. The number of alkyl halides is 3. The molecule has 5 rings (SSSR count). The number of amides is 11. The molecular weight excluding hydrogens is 1260 g/mol. The lowest BCUT2D eigenvalue weighted by Gasteiger charge is -2.40. The van der Waals surface area contributed by atoms with E-state index in [9.17, 15) is 51.5 Å². The number of rotatable bonds is 13. The maximum absolute atomic E-state index is 15.3. The molecule has 0 radical (unpaired) electrons. The van der Waals surface area contributed by atoms with Crippen molar-refractivity contribution in [2.24, 2.45) is 23.7 Å². The molecule has 27 heteroatoms.